The molecule has 94 valence electrons. The van der Waals surface area contributed by atoms with Crippen LogP contribution in [0, 0.1) is 5.92 Å². The Kier molecular flexibility index (Phi) is 9.39. The van der Waals surface area contributed by atoms with E-state index in [-0.39, 0.29) is 0 Å². The highest BCUT2D eigenvalue weighted by Gasteiger charge is 2.16. The summed E-state index contributed by atoms with van der Waals surface area (Å²) < 4.78 is 0. The van der Waals surface area contributed by atoms with Gasteiger partial charge in [0.25, 0.3) is 0 Å². The Balaban J connectivity index is 0. The zero-order chi connectivity index (χ0) is 13.4. The highest BCUT2D eigenvalue weighted by molar-refractivity contribution is 7.84. The summed E-state index contributed by atoms with van der Waals surface area (Å²) in [5.41, 5.74) is 5.61. The van der Waals surface area contributed by atoms with Crippen molar-refractivity contribution in [3.8, 4) is 0 Å². The van der Waals surface area contributed by atoms with Gasteiger partial charge in [-0.15, -0.1) is 12.6 Å². The van der Waals surface area contributed by atoms with Crippen LogP contribution in [0.1, 0.15) is 34.6 Å². The van der Waals surface area contributed by atoms with Crippen LogP contribution in [-0.2, 0) is 0 Å². The van der Waals surface area contributed by atoms with Crippen LogP contribution < -0.4 is 5.73 Å². The van der Waals surface area contributed by atoms with Gasteiger partial charge in [-0.05, 0) is 38.8 Å². The normalized spacial score (nSPS) is 13.2. The Morgan fingerprint density at radius 3 is 1.94 bits per heavy atom. The third-order valence-corrected chi connectivity index (χ3v) is 2.47. The van der Waals surface area contributed by atoms with Crippen LogP contribution in [0.25, 0.3) is 0 Å². The molecular formula is C13H25NOS. The van der Waals surface area contributed by atoms with Crippen molar-refractivity contribution in [1.29, 1.82) is 0 Å². The molecule has 0 saturated heterocycles. The third kappa shape index (κ3) is 13.3. The Labute approximate surface area is 105 Å². The van der Waals surface area contributed by atoms with Gasteiger partial charge in [0, 0.05) is 10.6 Å². The quantitative estimate of drug-likeness (QED) is 0.526. The number of nitrogens with two attached hydrogens (primary N) is 1. The number of aliphatic hydroxyl groups is 1. The van der Waals surface area contributed by atoms with Crippen LogP contribution in [0.3, 0.4) is 0 Å². The van der Waals surface area contributed by atoms with Gasteiger partial charge < -0.3 is 10.8 Å². The van der Waals surface area contributed by atoms with Gasteiger partial charge in [0.2, 0.25) is 0 Å². The van der Waals surface area contributed by atoms with Crippen molar-refractivity contribution in [2.75, 3.05) is 0 Å². The molecule has 16 heavy (non-hydrogen) atoms. The predicted molar refractivity (Wildman–Crippen MR) is 76.3 cm³/mol. The smallest absolute Gasteiger partial charge is 0.0614 e. The Hall–Kier alpha value is -0.670. The van der Waals surface area contributed by atoms with Crippen molar-refractivity contribution in [1.82, 2.24) is 0 Å². The Morgan fingerprint density at radius 2 is 1.75 bits per heavy atom. The standard InChI is InChI=1S/C7H11NS.C6H14O/c1-3-7(9)5-4-6(2)8;1-5(2)6(3,4)7/h3-5,9H,1,8H2,2H3;5,7H,1-4H3/b6-4+,7-5+;. The van der Waals surface area contributed by atoms with Gasteiger partial charge in [0.05, 0.1) is 5.60 Å². The fourth-order valence-corrected chi connectivity index (χ4v) is 0.359. The first-order chi connectivity index (χ1) is 7.11. The first kappa shape index (κ1) is 17.7. The number of allylic oxidation sites excluding steroid dienone is 4. The molecule has 0 fully saturated rings. The Bertz CT molecular complexity index is 256. The van der Waals surface area contributed by atoms with E-state index < -0.39 is 5.60 Å². The van der Waals surface area contributed by atoms with E-state index in [1.807, 2.05) is 34.6 Å². The fraction of sp³-hybridized carbons (Fsp3) is 0.538. The van der Waals surface area contributed by atoms with Crippen LogP contribution in [0.2, 0.25) is 0 Å². The summed E-state index contributed by atoms with van der Waals surface area (Å²) in [5, 5.41) is 9.09. The zero-order valence-corrected chi connectivity index (χ0v) is 11.9. The maximum Gasteiger partial charge on any atom is 0.0614 e. The second-order valence-corrected chi connectivity index (χ2v) is 5.03. The van der Waals surface area contributed by atoms with Gasteiger partial charge in [-0.1, -0.05) is 26.5 Å². The highest BCUT2D eigenvalue weighted by Crippen LogP contribution is 2.13. The molecular weight excluding hydrogens is 218 g/mol. The second-order valence-electron chi connectivity index (χ2n) is 4.51. The zero-order valence-electron chi connectivity index (χ0n) is 11.0. The highest BCUT2D eigenvalue weighted by atomic mass is 32.1. The average molecular weight is 243 g/mol. The topological polar surface area (TPSA) is 46.2 Å². The van der Waals surface area contributed by atoms with Crippen molar-refractivity contribution < 1.29 is 5.11 Å². The van der Waals surface area contributed by atoms with Crippen LogP contribution in [0.15, 0.2) is 35.4 Å². The van der Waals surface area contributed by atoms with Gasteiger partial charge in [0.15, 0.2) is 0 Å². The molecule has 0 saturated carbocycles. The molecule has 2 nitrogen and oxygen atoms in total. The average Bonchev–Trinajstić information content (AvgIpc) is 2.13. The van der Waals surface area contributed by atoms with Crippen molar-refractivity contribution >= 4 is 12.6 Å². The van der Waals surface area contributed by atoms with E-state index in [9.17, 15) is 0 Å². The minimum absolute atomic E-state index is 0.354. The van der Waals surface area contributed by atoms with Crippen LogP contribution in [-0.4, -0.2) is 10.7 Å². The number of hydrogen-bond acceptors (Lipinski definition) is 3. The summed E-state index contributed by atoms with van der Waals surface area (Å²) in [7, 11) is 0. The monoisotopic (exact) mass is 243 g/mol. The van der Waals surface area contributed by atoms with Crippen LogP contribution in [0.4, 0.5) is 0 Å². The molecule has 0 bridgehead atoms. The lowest BCUT2D eigenvalue weighted by atomic mass is 9.95. The largest absolute Gasteiger partial charge is 0.402 e. The molecule has 0 aliphatic heterocycles. The van der Waals surface area contributed by atoms with Gasteiger partial charge in [-0.3, -0.25) is 0 Å². The summed E-state index contributed by atoms with van der Waals surface area (Å²) in [5.74, 6) is 0.354. The number of hydrogen-bond donors (Lipinski definition) is 3. The lowest BCUT2D eigenvalue weighted by Gasteiger charge is -2.21. The summed E-state index contributed by atoms with van der Waals surface area (Å²) in [6, 6.07) is 0. The molecule has 0 aliphatic rings. The van der Waals surface area contributed by atoms with Crippen molar-refractivity contribution in [3.63, 3.8) is 0 Å². The van der Waals surface area contributed by atoms with E-state index in [1.54, 1.807) is 18.2 Å². The van der Waals surface area contributed by atoms with E-state index in [2.05, 4.69) is 19.2 Å². The maximum atomic E-state index is 9.09. The van der Waals surface area contributed by atoms with E-state index in [1.165, 1.54) is 0 Å². The molecule has 0 rings (SSSR count). The van der Waals surface area contributed by atoms with E-state index in [0.29, 0.717) is 5.92 Å². The second kappa shape index (κ2) is 8.48. The summed E-state index contributed by atoms with van der Waals surface area (Å²) in [6.45, 7) is 13.0. The number of rotatable bonds is 3. The third-order valence-electron chi connectivity index (χ3n) is 2.14. The van der Waals surface area contributed by atoms with Gasteiger partial charge in [-0.2, -0.15) is 0 Å². The van der Waals surface area contributed by atoms with Crippen molar-refractivity contribution in [2.24, 2.45) is 11.7 Å². The van der Waals surface area contributed by atoms with Gasteiger partial charge >= 0.3 is 0 Å². The summed E-state index contributed by atoms with van der Waals surface area (Å²) in [4.78, 5) is 0.819. The molecule has 0 atom stereocenters. The first-order valence-corrected chi connectivity index (χ1v) is 5.73. The van der Waals surface area contributed by atoms with Gasteiger partial charge in [0.1, 0.15) is 0 Å². The molecule has 0 spiro atoms. The molecule has 3 heteroatoms. The molecule has 0 aromatic heterocycles. The molecule has 0 unspecified atom stereocenters. The lowest BCUT2D eigenvalue weighted by molar-refractivity contribution is 0.0327. The fourth-order valence-electron chi connectivity index (χ4n) is 0.285. The minimum Gasteiger partial charge on any atom is -0.402 e. The molecule has 0 aromatic carbocycles. The molecule has 0 aliphatic carbocycles. The summed E-state index contributed by atoms with van der Waals surface area (Å²) >= 11 is 4.05. The van der Waals surface area contributed by atoms with E-state index in [4.69, 9.17) is 10.8 Å². The minimum atomic E-state index is -0.500. The van der Waals surface area contributed by atoms with E-state index >= 15 is 0 Å². The predicted octanol–water partition coefficient (Wildman–Crippen LogP) is 3.26. The van der Waals surface area contributed by atoms with Crippen LogP contribution in [0.5, 0.6) is 0 Å². The maximum absolute atomic E-state index is 9.09. The Morgan fingerprint density at radius 1 is 1.38 bits per heavy atom. The van der Waals surface area contributed by atoms with E-state index in [0.717, 1.165) is 10.6 Å². The van der Waals surface area contributed by atoms with Gasteiger partial charge in [-0.25, -0.2) is 0 Å². The lowest BCUT2D eigenvalue weighted by Crippen LogP contribution is -2.25. The molecule has 0 amide bonds. The van der Waals surface area contributed by atoms with Crippen LogP contribution >= 0.6 is 12.6 Å². The molecule has 0 radical (unpaired) electrons. The van der Waals surface area contributed by atoms with Crippen molar-refractivity contribution in [2.45, 2.75) is 40.2 Å². The molecule has 0 heterocycles. The number of thiol groups is 1. The molecule has 3 N–H and O–H groups in total. The molecule has 0 aromatic rings. The van der Waals surface area contributed by atoms with Crippen molar-refractivity contribution in [3.05, 3.63) is 35.4 Å². The first-order valence-electron chi connectivity index (χ1n) is 5.29. The summed E-state index contributed by atoms with van der Waals surface area (Å²) in [6.07, 6.45) is 5.23. The SMILES string of the molecule is C=C/C(S)=C\C=C(/C)N.CC(C)C(C)(C)O.